The van der Waals surface area contributed by atoms with E-state index in [9.17, 15) is 4.39 Å². The Morgan fingerprint density at radius 2 is 1.96 bits per heavy atom. The Hall–Kier alpha value is -1.66. The van der Waals surface area contributed by atoms with Crippen LogP contribution in [0, 0.1) is 11.7 Å². The number of halogens is 1. The second-order valence-electron chi connectivity index (χ2n) is 7.58. The molecule has 5 nitrogen and oxygen atoms in total. The fourth-order valence-corrected chi connectivity index (χ4v) is 3.05. The number of guanidine groups is 1. The molecule has 26 heavy (non-hydrogen) atoms. The molecule has 1 heterocycles. The highest BCUT2D eigenvalue weighted by Gasteiger charge is 2.21. The number of ether oxygens (including phenoxy) is 1. The number of nitrogens with zero attached hydrogens (tertiary/aromatic N) is 2. The highest BCUT2D eigenvalue weighted by molar-refractivity contribution is 5.79. The molecule has 2 N–H and O–H groups in total. The highest BCUT2D eigenvalue weighted by Crippen LogP contribution is 2.19. The number of rotatable bonds is 7. The maximum Gasteiger partial charge on any atom is 0.191 e. The van der Waals surface area contributed by atoms with Gasteiger partial charge in [0.15, 0.2) is 5.96 Å². The third kappa shape index (κ3) is 6.57. The Morgan fingerprint density at radius 1 is 1.27 bits per heavy atom. The van der Waals surface area contributed by atoms with E-state index in [-0.39, 0.29) is 11.4 Å². The van der Waals surface area contributed by atoms with Crippen LogP contribution in [0.2, 0.25) is 0 Å². The zero-order chi connectivity index (χ0) is 19.0. The van der Waals surface area contributed by atoms with Crippen molar-refractivity contribution in [1.29, 1.82) is 0 Å². The average molecular weight is 365 g/mol. The normalized spacial score (nSPS) is 17.3. The summed E-state index contributed by atoms with van der Waals surface area (Å²) < 4.78 is 19.2. The van der Waals surface area contributed by atoms with Gasteiger partial charge in [-0.1, -0.05) is 18.2 Å². The molecule has 0 atom stereocenters. The van der Waals surface area contributed by atoms with Crippen molar-refractivity contribution in [3.05, 3.63) is 35.6 Å². The minimum absolute atomic E-state index is 0.106. The lowest BCUT2D eigenvalue weighted by atomic mass is 9.96. The van der Waals surface area contributed by atoms with Crippen molar-refractivity contribution < 1.29 is 9.13 Å². The molecule has 1 aliphatic heterocycles. The Kier molecular flexibility index (Phi) is 7.85. The van der Waals surface area contributed by atoms with E-state index in [2.05, 4.69) is 20.5 Å². The van der Waals surface area contributed by atoms with Gasteiger partial charge in [-0.15, -0.1) is 0 Å². The summed E-state index contributed by atoms with van der Waals surface area (Å²) in [6.07, 6.45) is 2.23. The molecule has 1 saturated heterocycles. The first kappa shape index (κ1) is 20.6. The molecular weight excluding hydrogens is 331 g/mol. The molecule has 2 rings (SSSR count). The summed E-state index contributed by atoms with van der Waals surface area (Å²) in [5, 5.41) is 6.72. The largest absolute Gasteiger partial charge is 0.377 e. The molecule has 1 fully saturated rings. The summed E-state index contributed by atoms with van der Waals surface area (Å²) in [6.45, 7) is 8.39. The molecule has 1 aromatic rings. The molecule has 0 bridgehead atoms. The van der Waals surface area contributed by atoms with Crippen molar-refractivity contribution in [2.45, 2.75) is 38.8 Å². The molecular formula is C20H33FN4O. The summed E-state index contributed by atoms with van der Waals surface area (Å²) in [5.74, 6) is 1.31. The van der Waals surface area contributed by atoms with Crippen LogP contribution in [-0.2, 0) is 11.3 Å². The van der Waals surface area contributed by atoms with Crippen molar-refractivity contribution >= 4 is 5.96 Å². The molecule has 0 spiro atoms. The van der Waals surface area contributed by atoms with Gasteiger partial charge in [-0.2, -0.15) is 0 Å². The fourth-order valence-electron chi connectivity index (χ4n) is 3.05. The van der Waals surface area contributed by atoms with Crippen LogP contribution in [0.4, 0.5) is 4.39 Å². The van der Waals surface area contributed by atoms with Crippen LogP contribution in [-0.4, -0.2) is 56.8 Å². The van der Waals surface area contributed by atoms with Gasteiger partial charge in [0.1, 0.15) is 5.82 Å². The molecule has 1 aliphatic rings. The SMILES string of the molecule is CN=C(NCC1CCN(Cc2ccccc2F)CC1)NCC(C)(C)OC. The number of methoxy groups -OCH3 is 1. The summed E-state index contributed by atoms with van der Waals surface area (Å²) in [6, 6.07) is 7.06. The van der Waals surface area contributed by atoms with Crippen molar-refractivity contribution in [1.82, 2.24) is 15.5 Å². The number of hydrogen-bond donors (Lipinski definition) is 2. The zero-order valence-corrected chi connectivity index (χ0v) is 16.5. The second-order valence-corrected chi connectivity index (χ2v) is 7.58. The van der Waals surface area contributed by atoms with Gasteiger partial charge in [0, 0.05) is 39.4 Å². The highest BCUT2D eigenvalue weighted by atomic mass is 19.1. The molecule has 0 unspecified atom stereocenters. The number of aliphatic imine (C=N–C) groups is 1. The van der Waals surface area contributed by atoms with Crippen LogP contribution in [0.3, 0.4) is 0 Å². The van der Waals surface area contributed by atoms with Gasteiger partial charge < -0.3 is 15.4 Å². The van der Waals surface area contributed by atoms with E-state index in [4.69, 9.17) is 4.74 Å². The molecule has 0 saturated carbocycles. The number of nitrogens with one attached hydrogen (secondary N) is 2. The monoisotopic (exact) mass is 364 g/mol. The van der Waals surface area contributed by atoms with Crippen molar-refractivity contribution in [2.75, 3.05) is 40.3 Å². The molecule has 0 aliphatic carbocycles. The molecule has 6 heteroatoms. The van der Waals surface area contributed by atoms with Crippen LogP contribution in [0.1, 0.15) is 32.3 Å². The Morgan fingerprint density at radius 3 is 2.58 bits per heavy atom. The van der Waals surface area contributed by atoms with E-state index in [1.54, 1.807) is 20.2 Å². The standard InChI is InChI=1S/C20H33FN4O/c1-20(2,26-4)15-24-19(22-3)23-13-16-9-11-25(12-10-16)14-17-7-5-6-8-18(17)21/h5-8,16H,9-15H2,1-4H3,(H2,22,23,24). The lowest BCUT2D eigenvalue weighted by Gasteiger charge is -2.32. The van der Waals surface area contributed by atoms with Crippen molar-refractivity contribution in [3.8, 4) is 0 Å². The molecule has 0 amide bonds. The fraction of sp³-hybridized carbons (Fsp3) is 0.650. The third-order valence-corrected chi connectivity index (χ3v) is 5.07. The molecule has 146 valence electrons. The van der Waals surface area contributed by atoms with Gasteiger partial charge in [0.05, 0.1) is 5.60 Å². The first-order chi connectivity index (χ1) is 12.4. The van der Waals surface area contributed by atoms with Crippen LogP contribution >= 0.6 is 0 Å². The van der Waals surface area contributed by atoms with Gasteiger partial charge >= 0.3 is 0 Å². The third-order valence-electron chi connectivity index (χ3n) is 5.07. The molecule has 0 aromatic heterocycles. The first-order valence-electron chi connectivity index (χ1n) is 9.39. The number of hydrogen-bond acceptors (Lipinski definition) is 3. The lowest BCUT2D eigenvalue weighted by Crippen LogP contribution is -2.47. The first-order valence-corrected chi connectivity index (χ1v) is 9.39. The van der Waals surface area contributed by atoms with E-state index in [0.717, 1.165) is 44.0 Å². The van der Waals surface area contributed by atoms with Gasteiger partial charge in [-0.05, 0) is 51.8 Å². The number of likely N-dealkylation sites (tertiary alicyclic amines) is 1. The Balaban J connectivity index is 1.70. The van der Waals surface area contributed by atoms with Crippen LogP contribution in [0.5, 0.6) is 0 Å². The maximum absolute atomic E-state index is 13.8. The predicted octanol–water partition coefficient (Wildman–Crippen LogP) is 2.63. The Labute approximate surface area is 157 Å². The smallest absolute Gasteiger partial charge is 0.191 e. The zero-order valence-electron chi connectivity index (χ0n) is 16.5. The Bertz CT molecular complexity index is 583. The maximum atomic E-state index is 13.8. The van der Waals surface area contributed by atoms with E-state index in [1.165, 1.54) is 6.07 Å². The van der Waals surface area contributed by atoms with E-state index in [1.807, 2.05) is 26.0 Å². The van der Waals surface area contributed by atoms with E-state index < -0.39 is 0 Å². The number of piperidine rings is 1. The number of benzene rings is 1. The summed E-state index contributed by atoms with van der Waals surface area (Å²) >= 11 is 0. The second kappa shape index (κ2) is 9.88. The van der Waals surface area contributed by atoms with Crippen LogP contribution < -0.4 is 10.6 Å². The van der Waals surface area contributed by atoms with Gasteiger partial charge in [0.25, 0.3) is 0 Å². The lowest BCUT2D eigenvalue weighted by molar-refractivity contribution is 0.0268. The van der Waals surface area contributed by atoms with Gasteiger partial charge in [0.2, 0.25) is 0 Å². The van der Waals surface area contributed by atoms with Crippen molar-refractivity contribution in [3.63, 3.8) is 0 Å². The topological polar surface area (TPSA) is 48.9 Å². The quantitative estimate of drug-likeness (QED) is 0.577. The molecule has 0 radical (unpaired) electrons. The average Bonchev–Trinajstić information content (AvgIpc) is 2.65. The van der Waals surface area contributed by atoms with Crippen LogP contribution in [0.25, 0.3) is 0 Å². The summed E-state index contributed by atoms with van der Waals surface area (Å²) in [5.41, 5.74) is 0.560. The van der Waals surface area contributed by atoms with E-state index in [0.29, 0.717) is 19.0 Å². The van der Waals surface area contributed by atoms with Gasteiger partial charge in [-0.3, -0.25) is 9.89 Å². The van der Waals surface area contributed by atoms with Crippen molar-refractivity contribution in [2.24, 2.45) is 10.9 Å². The molecule has 1 aromatic carbocycles. The summed E-state index contributed by atoms with van der Waals surface area (Å²) in [4.78, 5) is 6.61. The van der Waals surface area contributed by atoms with Crippen LogP contribution in [0.15, 0.2) is 29.3 Å². The predicted molar refractivity (Wildman–Crippen MR) is 105 cm³/mol. The minimum Gasteiger partial charge on any atom is -0.377 e. The van der Waals surface area contributed by atoms with Gasteiger partial charge in [-0.25, -0.2) is 4.39 Å². The van der Waals surface area contributed by atoms with E-state index >= 15 is 0 Å². The summed E-state index contributed by atoms with van der Waals surface area (Å²) in [7, 11) is 3.50. The minimum atomic E-state index is -0.227.